The van der Waals surface area contributed by atoms with Gasteiger partial charge in [-0.2, -0.15) is 0 Å². The van der Waals surface area contributed by atoms with Crippen molar-refractivity contribution < 1.29 is 4.74 Å². The van der Waals surface area contributed by atoms with Crippen LogP contribution >= 0.6 is 11.3 Å². The fraction of sp³-hybridized carbons (Fsp3) is 0.562. The van der Waals surface area contributed by atoms with Crippen LogP contribution in [-0.2, 0) is 24.1 Å². The number of rotatable bonds is 3. The van der Waals surface area contributed by atoms with Crippen molar-refractivity contribution in [1.82, 2.24) is 19.9 Å². The smallest absolute Gasteiger partial charge is 0.115 e. The molecule has 2 aliphatic heterocycles. The van der Waals surface area contributed by atoms with Crippen molar-refractivity contribution in [1.29, 1.82) is 0 Å². The van der Waals surface area contributed by atoms with E-state index in [1.807, 2.05) is 11.6 Å². The van der Waals surface area contributed by atoms with Crippen molar-refractivity contribution in [2.24, 2.45) is 0 Å². The topological polar surface area (TPSA) is 51.1 Å². The van der Waals surface area contributed by atoms with Crippen LogP contribution in [0.4, 0.5) is 0 Å². The second kappa shape index (κ2) is 6.40. The lowest BCUT2D eigenvalue weighted by atomic mass is 9.96. The molecule has 0 bridgehead atoms. The van der Waals surface area contributed by atoms with E-state index < -0.39 is 0 Å². The third-order valence-corrected chi connectivity index (χ3v) is 5.33. The Hall–Kier alpha value is -1.37. The summed E-state index contributed by atoms with van der Waals surface area (Å²) in [5.41, 5.74) is 3.84. The predicted molar refractivity (Wildman–Crippen MR) is 85.0 cm³/mol. The molecule has 116 valence electrons. The van der Waals surface area contributed by atoms with Gasteiger partial charge in [-0.1, -0.05) is 0 Å². The zero-order valence-electron chi connectivity index (χ0n) is 12.6. The van der Waals surface area contributed by atoms with Crippen LogP contribution in [0.15, 0.2) is 17.9 Å². The Labute approximate surface area is 134 Å². The van der Waals surface area contributed by atoms with E-state index in [1.54, 1.807) is 17.7 Å². The lowest BCUT2D eigenvalue weighted by molar-refractivity contribution is 0.193. The van der Waals surface area contributed by atoms with Gasteiger partial charge in [-0.05, 0) is 18.4 Å². The highest BCUT2D eigenvalue weighted by Crippen LogP contribution is 2.29. The molecule has 22 heavy (non-hydrogen) atoms. The maximum Gasteiger partial charge on any atom is 0.115 e. The van der Waals surface area contributed by atoms with Gasteiger partial charge in [0.25, 0.3) is 0 Å². The van der Waals surface area contributed by atoms with Gasteiger partial charge in [0.2, 0.25) is 0 Å². The van der Waals surface area contributed by atoms with E-state index in [1.165, 1.54) is 22.0 Å². The molecular weight excluding hydrogens is 296 g/mol. The largest absolute Gasteiger partial charge is 0.381 e. The highest BCUT2D eigenvalue weighted by Gasteiger charge is 2.26. The van der Waals surface area contributed by atoms with Crippen LogP contribution in [0.1, 0.15) is 34.3 Å². The molecule has 0 unspecified atom stereocenters. The average Bonchev–Trinajstić information content (AvgIpc) is 3.20. The second-order valence-corrected chi connectivity index (χ2v) is 6.93. The van der Waals surface area contributed by atoms with Gasteiger partial charge in [-0.25, -0.2) is 15.0 Å². The summed E-state index contributed by atoms with van der Waals surface area (Å²) in [5, 5.41) is 3.24. The van der Waals surface area contributed by atoms with Crippen LogP contribution in [0.2, 0.25) is 0 Å². The van der Waals surface area contributed by atoms with Gasteiger partial charge in [-0.15, -0.1) is 11.3 Å². The standard InChI is InChI=1S/C16H20N4OS/c1-5-20(9-15-17-4-8-22-15)6-2-14-13(1)16(19-11-18-14)12-3-7-21-10-12/h4,8,11-12H,1-3,5-7,9-10H2/t12-/m0/s1. The number of hydrogen-bond acceptors (Lipinski definition) is 6. The van der Waals surface area contributed by atoms with Crippen LogP contribution in [0.25, 0.3) is 0 Å². The molecule has 1 fully saturated rings. The number of thiazole rings is 1. The van der Waals surface area contributed by atoms with Gasteiger partial charge in [0.1, 0.15) is 11.3 Å². The average molecular weight is 316 g/mol. The Morgan fingerprint density at radius 2 is 2.18 bits per heavy atom. The molecule has 0 radical (unpaired) electrons. The van der Waals surface area contributed by atoms with Crippen molar-refractivity contribution in [3.8, 4) is 0 Å². The highest BCUT2D eigenvalue weighted by atomic mass is 32.1. The summed E-state index contributed by atoms with van der Waals surface area (Å²) in [7, 11) is 0. The predicted octanol–water partition coefficient (Wildman–Crippen LogP) is 2.04. The molecular formula is C16H20N4OS. The SMILES string of the molecule is c1csc(CN2CCc3ncnc([C@H]4CCOC4)c3CC2)n1. The summed E-state index contributed by atoms with van der Waals surface area (Å²) in [4.78, 5) is 16.0. The normalized spacial score (nSPS) is 22.5. The third-order valence-electron chi connectivity index (χ3n) is 4.57. The van der Waals surface area contributed by atoms with E-state index in [9.17, 15) is 0 Å². The minimum absolute atomic E-state index is 0.460. The zero-order valence-corrected chi connectivity index (χ0v) is 13.4. The Morgan fingerprint density at radius 1 is 1.23 bits per heavy atom. The first kappa shape index (κ1) is 14.2. The van der Waals surface area contributed by atoms with Gasteiger partial charge < -0.3 is 4.74 Å². The first-order valence-electron chi connectivity index (χ1n) is 7.91. The van der Waals surface area contributed by atoms with Crippen LogP contribution in [0.5, 0.6) is 0 Å². The van der Waals surface area contributed by atoms with Crippen molar-refractivity contribution in [2.45, 2.75) is 31.7 Å². The van der Waals surface area contributed by atoms with Crippen molar-refractivity contribution in [2.75, 3.05) is 26.3 Å². The summed E-state index contributed by atoms with van der Waals surface area (Å²) in [6.07, 6.45) is 6.75. The molecule has 0 spiro atoms. The maximum atomic E-state index is 5.55. The number of aromatic nitrogens is 3. The minimum atomic E-state index is 0.460. The second-order valence-electron chi connectivity index (χ2n) is 5.95. The van der Waals surface area contributed by atoms with Gasteiger partial charge in [0.15, 0.2) is 0 Å². The van der Waals surface area contributed by atoms with E-state index in [4.69, 9.17) is 4.74 Å². The van der Waals surface area contributed by atoms with E-state index in [-0.39, 0.29) is 0 Å². The van der Waals surface area contributed by atoms with E-state index in [0.717, 1.165) is 52.1 Å². The first-order chi connectivity index (χ1) is 10.9. The monoisotopic (exact) mass is 316 g/mol. The maximum absolute atomic E-state index is 5.55. The zero-order chi connectivity index (χ0) is 14.8. The lowest BCUT2D eigenvalue weighted by Gasteiger charge is -2.18. The molecule has 2 aromatic heterocycles. The Bertz CT molecular complexity index is 625. The number of nitrogens with zero attached hydrogens (tertiary/aromatic N) is 4. The molecule has 5 nitrogen and oxygen atoms in total. The molecule has 0 aromatic carbocycles. The van der Waals surface area contributed by atoms with Crippen LogP contribution < -0.4 is 0 Å². The third kappa shape index (κ3) is 2.91. The van der Waals surface area contributed by atoms with Crippen molar-refractivity contribution in [3.63, 3.8) is 0 Å². The Balaban J connectivity index is 1.52. The van der Waals surface area contributed by atoms with Crippen molar-refractivity contribution in [3.05, 3.63) is 39.9 Å². The molecule has 0 amide bonds. The van der Waals surface area contributed by atoms with Crippen LogP contribution in [0, 0.1) is 0 Å². The summed E-state index contributed by atoms with van der Waals surface area (Å²) in [5.74, 6) is 0.460. The summed E-state index contributed by atoms with van der Waals surface area (Å²) in [6, 6.07) is 0. The molecule has 0 saturated carbocycles. The first-order valence-corrected chi connectivity index (χ1v) is 8.79. The van der Waals surface area contributed by atoms with Crippen molar-refractivity contribution >= 4 is 11.3 Å². The minimum Gasteiger partial charge on any atom is -0.381 e. The molecule has 4 rings (SSSR count). The van der Waals surface area contributed by atoms with Gasteiger partial charge in [-0.3, -0.25) is 4.90 Å². The fourth-order valence-corrected chi connectivity index (χ4v) is 4.04. The Morgan fingerprint density at radius 3 is 3.00 bits per heavy atom. The molecule has 1 saturated heterocycles. The molecule has 6 heteroatoms. The van der Waals surface area contributed by atoms with Crippen LogP contribution in [0.3, 0.4) is 0 Å². The number of ether oxygens (including phenoxy) is 1. The summed E-state index contributed by atoms with van der Waals surface area (Å²) in [6.45, 7) is 4.72. The molecule has 2 aliphatic rings. The van der Waals surface area contributed by atoms with Crippen LogP contribution in [-0.4, -0.2) is 46.2 Å². The molecule has 0 aliphatic carbocycles. The Kier molecular flexibility index (Phi) is 4.14. The fourth-order valence-electron chi connectivity index (χ4n) is 3.38. The molecule has 2 aromatic rings. The highest BCUT2D eigenvalue weighted by molar-refractivity contribution is 7.09. The van der Waals surface area contributed by atoms with Gasteiger partial charge >= 0.3 is 0 Å². The van der Waals surface area contributed by atoms with E-state index in [2.05, 4.69) is 19.9 Å². The quantitative estimate of drug-likeness (QED) is 0.867. The molecule has 0 N–H and O–H groups in total. The summed E-state index contributed by atoms with van der Waals surface area (Å²) >= 11 is 1.73. The number of fused-ring (bicyclic) bond motifs is 1. The lowest BCUT2D eigenvalue weighted by Crippen LogP contribution is -2.25. The van der Waals surface area contributed by atoms with Gasteiger partial charge in [0, 0.05) is 49.3 Å². The summed E-state index contributed by atoms with van der Waals surface area (Å²) < 4.78 is 5.55. The van der Waals surface area contributed by atoms with E-state index >= 15 is 0 Å². The van der Waals surface area contributed by atoms with E-state index in [0.29, 0.717) is 5.92 Å². The number of hydrogen-bond donors (Lipinski definition) is 0. The van der Waals surface area contributed by atoms with Gasteiger partial charge in [0.05, 0.1) is 18.8 Å². The molecule has 1 atom stereocenters. The molecule has 4 heterocycles.